The standard InChI is InChI=1S/C12H26N/c1-5-8-13(9-6-7-10-13)12(4)11(2)3/h11-12H,5-10H2,1-4H3/q+1. The van der Waals surface area contributed by atoms with Crippen LogP contribution in [0.3, 0.4) is 0 Å². The number of quaternary nitrogens is 1. The summed E-state index contributed by atoms with van der Waals surface area (Å²) in [5.41, 5.74) is 0. The second-order valence-electron chi connectivity index (χ2n) is 5.08. The van der Waals surface area contributed by atoms with Crippen molar-refractivity contribution in [3.63, 3.8) is 0 Å². The summed E-state index contributed by atoms with van der Waals surface area (Å²) in [6.07, 6.45) is 4.26. The van der Waals surface area contributed by atoms with Crippen LogP contribution in [0.25, 0.3) is 0 Å². The van der Waals surface area contributed by atoms with Crippen LogP contribution in [0.5, 0.6) is 0 Å². The molecule has 1 heterocycles. The van der Waals surface area contributed by atoms with E-state index in [0.29, 0.717) is 0 Å². The minimum Gasteiger partial charge on any atom is -0.321 e. The SMILES string of the molecule is CCC[N+]1(C(C)C(C)C)CCCC1. The Bertz CT molecular complexity index is 145. The lowest BCUT2D eigenvalue weighted by molar-refractivity contribution is -0.941. The summed E-state index contributed by atoms with van der Waals surface area (Å²) in [5.74, 6) is 0.838. The molecule has 0 saturated carbocycles. The first-order chi connectivity index (χ1) is 6.12. The Morgan fingerprint density at radius 3 is 2.00 bits per heavy atom. The van der Waals surface area contributed by atoms with Gasteiger partial charge in [-0.05, 0) is 13.3 Å². The van der Waals surface area contributed by atoms with Crippen LogP contribution in [0.15, 0.2) is 0 Å². The number of nitrogens with zero attached hydrogens (tertiary/aromatic N) is 1. The average Bonchev–Trinajstić information content (AvgIpc) is 2.53. The predicted octanol–water partition coefficient (Wildman–Crippen LogP) is 3.05. The molecule has 0 aliphatic carbocycles. The number of likely N-dealkylation sites (tertiary alicyclic amines) is 1. The van der Waals surface area contributed by atoms with Gasteiger partial charge in [-0.3, -0.25) is 0 Å². The second kappa shape index (κ2) is 4.45. The van der Waals surface area contributed by atoms with Crippen molar-refractivity contribution < 1.29 is 4.48 Å². The van der Waals surface area contributed by atoms with Crippen molar-refractivity contribution in [3.8, 4) is 0 Å². The van der Waals surface area contributed by atoms with Crippen LogP contribution in [0.2, 0.25) is 0 Å². The van der Waals surface area contributed by atoms with Crippen LogP contribution < -0.4 is 0 Å². The summed E-state index contributed by atoms with van der Waals surface area (Å²) in [6, 6.07) is 0.863. The van der Waals surface area contributed by atoms with Gasteiger partial charge < -0.3 is 4.48 Å². The van der Waals surface area contributed by atoms with Crippen LogP contribution in [0, 0.1) is 5.92 Å². The third-order valence-corrected chi connectivity index (χ3v) is 3.95. The Balaban J connectivity index is 2.65. The molecule has 1 atom stereocenters. The summed E-state index contributed by atoms with van der Waals surface area (Å²) in [5, 5.41) is 0. The van der Waals surface area contributed by atoms with Crippen molar-refractivity contribution in [1.82, 2.24) is 0 Å². The van der Waals surface area contributed by atoms with Crippen molar-refractivity contribution in [2.24, 2.45) is 5.92 Å². The van der Waals surface area contributed by atoms with Gasteiger partial charge in [0.2, 0.25) is 0 Å². The average molecular weight is 184 g/mol. The van der Waals surface area contributed by atoms with Gasteiger partial charge in [0.15, 0.2) is 0 Å². The normalized spacial score (nSPS) is 23.8. The van der Waals surface area contributed by atoms with Crippen LogP contribution in [-0.2, 0) is 0 Å². The molecule has 0 spiro atoms. The van der Waals surface area contributed by atoms with Gasteiger partial charge in [0.05, 0.1) is 25.7 Å². The van der Waals surface area contributed by atoms with E-state index >= 15 is 0 Å². The maximum atomic E-state index is 2.45. The van der Waals surface area contributed by atoms with Gasteiger partial charge in [0.1, 0.15) is 0 Å². The lowest BCUT2D eigenvalue weighted by Gasteiger charge is -2.42. The molecule has 1 aliphatic rings. The highest BCUT2D eigenvalue weighted by molar-refractivity contribution is 4.64. The molecule has 0 aromatic rings. The highest BCUT2D eigenvalue weighted by Gasteiger charge is 2.37. The van der Waals surface area contributed by atoms with E-state index in [9.17, 15) is 0 Å². The smallest absolute Gasteiger partial charge is 0.0884 e. The van der Waals surface area contributed by atoms with Crippen molar-refractivity contribution in [2.75, 3.05) is 19.6 Å². The molecular formula is C12H26N+. The molecule has 0 radical (unpaired) electrons. The minimum absolute atomic E-state index is 0.838. The van der Waals surface area contributed by atoms with Gasteiger partial charge in [0, 0.05) is 18.8 Å². The summed E-state index contributed by atoms with van der Waals surface area (Å²) < 4.78 is 1.41. The van der Waals surface area contributed by atoms with Gasteiger partial charge in [-0.25, -0.2) is 0 Å². The van der Waals surface area contributed by atoms with Crippen molar-refractivity contribution in [3.05, 3.63) is 0 Å². The fourth-order valence-electron chi connectivity index (χ4n) is 2.88. The quantitative estimate of drug-likeness (QED) is 0.589. The van der Waals surface area contributed by atoms with E-state index in [1.165, 1.54) is 43.4 Å². The number of hydrogen-bond donors (Lipinski definition) is 0. The summed E-state index contributed by atoms with van der Waals surface area (Å²) in [6.45, 7) is 13.8. The Kier molecular flexibility index (Phi) is 3.78. The lowest BCUT2D eigenvalue weighted by Crippen LogP contribution is -2.54. The molecule has 0 aromatic heterocycles. The van der Waals surface area contributed by atoms with Gasteiger partial charge in [0.25, 0.3) is 0 Å². The van der Waals surface area contributed by atoms with Crippen molar-refractivity contribution in [2.45, 2.75) is 53.0 Å². The van der Waals surface area contributed by atoms with E-state index in [1.807, 2.05) is 0 Å². The maximum Gasteiger partial charge on any atom is 0.0884 e. The first-order valence-electron chi connectivity index (χ1n) is 5.98. The first kappa shape index (κ1) is 11.0. The van der Waals surface area contributed by atoms with Crippen LogP contribution in [0.4, 0.5) is 0 Å². The third-order valence-electron chi connectivity index (χ3n) is 3.95. The third kappa shape index (κ3) is 2.25. The molecular weight excluding hydrogens is 158 g/mol. The van der Waals surface area contributed by atoms with Gasteiger partial charge in [-0.1, -0.05) is 20.8 Å². The molecule has 1 aliphatic heterocycles. The molecule has 13 heavy (non-hydrogen) atoms. The minimum atomic E-state index is 0.838. The highest BCUT2D eigenvalue weighted by atomic mass is 15.4. The fraction of sp³-hybridized carbons (Fsp3) is 1.00. The molecule has 1 heteroatoms. The second-order valence-corrected chi connectivity index (χ2v) is 5.08. The molecule has 78 valence electrons. The predicted molar refractivity (Wildman–Crippen MR) is 58.7 cm³/mol. The van der Waals surface area contributed by atoms with Crippen LogP contribution in [0.1, 0.15) is 47.0 Å². The zero-order valence-electron chi connectivity index (χ0n) is 9.84. The molecule has 1 rings (SSSR count). The van der Waals surface area contributed by atoms with Gasteiger partial charge in [-0.2, -0.15) is 0 Å². The number of hydrogen-bond acceptors (Lipinski definition) is 0. The monoisotopic (exact) mass is 184 g/mol. The molecule has 1 unspecified atom stereocenters. The Labute approximate surface area is 83.7 Å². The zero-order valence-corrected chi connectivity index (χ0v) is 9.84. The lowest BCUT2D eigenvalue weighted by atomic mass is 10.0. The summed E-state index contributed by atoms with van der Waals surface area (Å²) >= 11 is 0. The van der Waals surface area contributed by atoms with Crippen molar-refractivity contribution >= 4 is 0 Å². The van der Waals surface area contributed by atoms with E-state index in [-0.39, 0.29) is 0 Å². The zero-order chi connectivity index (χ0) is 9.90. The molecule has 1 nitrogen and oxygen atoms in total. The Morgan fingerprint density at radius 2 is 1.62 bits per heavy atom. The first-order valence-corrected chi connectivity index (χ1v) is 5.98. The Morgan fingerprint density at radius 1 is 1.08 bits per heavy atom. The van der Waals surface area contributed by atoms with E-state index in [1.54, 1.807) is 0 Å². The highest BCUT2D eigenvalue weighted by Crippen LogP contribution is 2.27. The van der Waals surface area contributed by atoms with E-state index in [2.05, 4.69) is 27.7 Å². The van der Waals surface area contributed by atoms with E-state index in [0.717, 1.165) is 12.0 Å². The molecule has 1 saturated heterocycles. The molecule has 0 N–H and O–H groups in total. The summed E-state index contributed by atoms with van der Waals surface area (Å²) in [4.78, 5) is 0. The van der Waals surface area contributed by atoms with Crippen LogP contribution >= 0.6 is 0 Å². The molecule has 0 amide bonds. The Hall–Kier alpha value is -0.0400. The van der Waals surface area contributed by atoms with Gasteiger partial charge >= 0.3 is 0 Å². The fourth-order valence-corrected chi connectivity index (χ4v) is 2.88. The largest absolute Gasteiger partial charge is 0.321 e. The van der Waals surface area contributed by atoms with Crippen LogP contribution in [-0.4, -0.2) is 30.2 Å². The molecule has 1 fully saturated rings. The molecule has 0 bridgehead atoms. The van der Waals surface area contributed by atoms with E-state index in [4.69, 9.17) is 0 Å². The summed E-state index contributed by atoms with van der Waals surface area (Å²) in [7, 11) is 0. The van der Waals surface area contributed by atoms with Crippen molar-refractivity contribution in [1.29, 1.82) is 0 Å². The molecule has 0 aromatic carbocycles. The number of rotatable bonds is 4. The topological polar surface area (TPSA) is 0 Å². The van der Waals surface area contributed by atoms with Gasteiger partial charge in [-0.15, -0.1) is 0 Å². The van der Waals surface area contributed by atoms with E-state index < -0.39 is 0 Å². The maximum absolute atomic E-state index is 2.45.